The summed E-state index contributed by atoms with van der Waals surface area (Å²) in [5, 5.41) is 13.6. The molecule has 136 valence electrons. The van der Waals surface area contributed by atoms with E-state index in [-0.39, 0.29) is 0 Å². The minimum Gasteiger partial charge on any atom is -0.490 e. The highest BCUT2D eigenvalue weighted by atomic mass is 35.5. The van der Waals surface area contributed by atoms with Crippen molar-refractivity contribution in [2.24, 2.45) is 0 Å². The topological polar surface area (TPSA) is 50.7 Å². The summed E-state index contributed by atoms with van der Waals surface area (Å²) < 4.78 is 11.6. The van der Waals surface area contributed by atoms with Crippen molar-refractivity contribution in [3.63, 3.8) is 0 Å². The molecule has 1 atom stereocenters. The van der Waals surface area contributed by atoms with Crippen LogP contribution in [0.5, 0.6) is 11.5 Å². The molecule has 0 fully saturated rings. The van der Waals surface area contributed by atoms with Gasteiger partial charge in [0.2, 0.25) is 0 Å². The Hall–Kier alpha value is -1.46. The van der Waals surface area contributed by atoms with Gasteiger partial charge in [-0.05, 0) is 37.6 Å². The Labute approximate surface area is 158 Å². The summed E-state index contributed by atoms with van der Waals surface area (Å²) in [5.41, 5.74) is 1.84. The molecule has 25 heavy (non-hydrogen) atoms. The highest BCUT2D eigenvalue weighted by Crippen LogP contribution is 2.37. The summed E-state index contributed by atoms with van der Waals surface area (Å²) in [7, 11) is 0. The Bertz CT molecular complexity index is 692. The number of rotatable bonds is 9. The number of aliphatic hydroxyl groups excluding tert-OH is 1. The summed E-state index contributed by atoms with van der Waals surface area (Å²) in [6.07, 6.45) is -0.403. The van der Waals surface area contributed by atoms with E-state index in [1.807, 2.05) is 43.3 Å². The first kappa shape index (κ1) is 19.9. The molecule has 0 radical (unpaired) electrons. The molecule has 4 nitrogen and oxygen atoms in total. The van der Waals surface area contributed by atoms with E-state index < -0.39 is 6.10 Å². The fraction of sp³-hybridized carbons (Fsp3) is 0.368. The second-order valence-electron chi connectivity index (χ2n) is 5.70. The monoisotopic (exact) mass is 383 g/mol. The molecule has 1 unspecified atom stereocenters. The molecular weight excluding hydrogens is 361 g/mol. The summed E-state index contributed by atoms with van der Waals surface area (Å²) in [6.45, 7) is 5.53. The number of hydrogen-bond acceptors (Lipinski definition) is 4. The van der Waals surface area contributed by atoms with Gasteiger partial charge in [0.1, 0.15) is 6.61 Å². The third kappa shape index (κ3) is 6.08. The van der Waals surface area contributed by atoms with Crippen molar-refractivity contribution >= 4 is 23.2 Å². The highest BCUT2D eigenvalue weighted by molar-refractivity contribution is 6.32. The van der Waals surface area contributed by atoms with Gasteiger partial charge in [0.15, 0.2) is 11.5 Å². The SMILES string of the molecule is CCOc1cc(CNCC(C)O)cc(Cl)c1OCc1ccccc1Cl. The van der Waals surface area contributed by atoms with E-state index in [4.69, 9.17) is 32.7 Å². The number of ether oxygens (including phenoxy) is 2. The van der Waals surface area contributed by atoms with Crippen molar-refractivity contribution in [2.45, 2.75) is 33.1 Å². The maximum atomic E-state index is 9.32. The van der Waals surface area contributed by atoms with Crippen LogP contribution in [0.1, 0.15) is 25.0 Å². The van der Waals surface area contributed by atoms with E-state index in [0.717, 1.165) is 11.1 Å². The average molecular weight is 384 g/mol. The van der Waals surface area contributed by atoms with Gasteiger partial charge < -0.3 is 19.9 Å². The number of halogens is 2. The highest BCUT2D eigenvalue weighted by Gasteiger charge is 2.13. The predicted molar refractivity (Wildman–Crippen MR) is 102 cm³/mol. The first-order chi connectivity index (χ1) is 12.0. The molecule has 2 N–H and O–H groups in total. The van der Waals surface area contributed by atoms with Crippen LogP contribution in [0.15, 0.2) is 36.4 Å². The van der Waals surface area contributed by atoms with E-state index in [9.17, 15) is 5.11 Å². The van der Waals surface area contributed by atoms with Gasteiger partial charge in [0.25, 0.3) is 0 Å². The second kappa shape index (κ2) is 9.88. The third-order valence-corrected chi connectivity index (χ3v) is 4.12. The fourth-order valence-electron chi connectivity index (χ4n) is 2.32. The molecule has 2 aromatic rings. The first-order valence-corrected chi connectivity index (χ1v) is 8.97. The Morgan fingerprint density at radius 3 is 2.56 bits per heavy atom. The van der Waals surface area contributed by atoms with E-state index in [1.165, 1.54) is 0 Å². The molecule has 0 aliphatic carbocycles. The predicted octanol–water partition coefficient (Wildman–Crippen LogP) is 4.44. The first-order valence-electron chi connectivity index (χ1n) is 8.21. The second-order valence-corrected chi connectivity index (χ2v) is 6.51. The number of nitrogens with one attached hydrogen (secondary N) is 1. The molecule has 0 amide bonds. The van der Waals surface area contributed by atoms with Gasteiger partial charge in [-0.2, -0.15) is 0 Å². The average Bonchev–Trinajstić information content (AvgIpc) is 2.55. The van der Waals surface area contributed by atoms with Gasteiger partial charge in [0, 0.05) is 23.7 Å². The summed E-state index contributed by atoms with van der Waals surface area (Å²) in [6, 6.07) is 11.2. The normalized spacial score (nSPS) is 12.0. The van der Waals surface area contributed by atoms with Crippen LogP contribution in [0.2, 0.25) is 10.0 Å². The fourth-order valence-corrected chi connectivity index (χ4v) is 2.80. The molecule has 0 aliphatic heterocycles. The van der Waals surface area contributed by atoms with Gasteiger partial charge in [-0.3, -0.25) is 0 Å². The molecule has 0 saturated heterocycles. The number of aliphatic hydroxyl groups is 1. The number of benzene rings is 2. The van der Waals surface area contributed by atoms with Crippen LogP contribution in [0.4, 0.5) is 0 Å². The van der Waals surface area contributed by atoms with Crippen LogP contribution < -0.4 is 14.8 Å². The maximum absolute atomic E-state index is 9.32. The Morgan fingerprint density at radius 2 is 1.88 bits per heavy atom. The molecule has 0 aliphatic rings. The zero-order chi connectivity index (χ0) is 18.2. The third-order valence-electron chi connectivity index (χ3n) is 3.47. The summed E-state index contributed by atoms with van der Waals surface area (Å²) in [5.74, 6) is 1.10. The van der Waals surface area contributed by atoms with Gasteiger partial charge in [-0.15, -0.1) is 0 Å². The van der Waals surface area contributed by atoms with E-state index in [1.54, 1.807) is 6.92 Å². The van der Waals surface area contributed by atoms with Crippen molar-refractivity contribution in [1.29, 1.82) is 0 Å². The van der Waals surface area contributed by atoms with Crippen LogP contribution in [0.25, 0.3) is 0 Å². The molecule has 0 spiro atoms. The molecule has 0 aromatic heterocycles. The van der Waals surface area contributed by atoms with E-state index in [2.05, 4.69) is 5.32 Å². The van der Waals surface area contributed by atoms with E-state index >= 15 is 0 Å². The van der Waals surface area contributed by atoms with Crippen LogP contribution in [-0.2, 0) is 13.2 Å². The molecule has 0 bridgehead atoms. The lowest BCUT2D eigenvalue weighted by molar-refractivity contribution is 0.191. The smallest absolute Gasteiger partial charge is 0.180 e. The van der Waals surface area contributed by atoms with Crippen LogP contribution in [0, 0.1) is 0 Å². The van der Waals surface area contributed by atoms with Crippen molar-refractivity contribution in [2.75, 3.05) is 13.2 Å². The quantitative estimate of drug-likeness (QED) is 0.671. The van der Waals surface area contributed by atoms with Gasteiger partial charge in [-0.1, -0.05) is 41.4 Å². The van der Waals surface area contributed by atoms with Gasteiger partial charge in [0.05, 0.1) is 17.7 Å². The summed E-state index contributed by atoms with van der Waals surface area (Å²) >= 11 is 12.6. The molecule has 2 rings (SSSR count). The van der Waals surface area contributed by atoms with Crippen molar-refractivity contribution in [3.8, 4) is 11.5 Å². The molecule has 6 heteroatoms. The Morgan fingerprint density at radius 1 is 1.12 bits per heavy atom. The standard InChI is InChI=1S/C19H23Cl2NO3/c1-3-24-18-9-14(11-22-10-13(2)23)8-17(21)19(18)25-12-15-6-4-5-7-16(15)20/h4-9,13,22-23H,3,10-12H2,1-2H3. The Kier molecular flexibility index (Phi) is 7.85. The van der Waals surface area contributed by atoms with Crippen molar-refractivity contribution in [1.82, 2.24) is 5.32 Å². The van der Waals surface area contributed by atoms with Crippen molar-refractivity contribution < 1.29 is 14.6 Å². The molecular formula is C19H23Cl2NO3. The molecule has 0 heterocycles. The maximum Gasteiger partial charge on any atom is 0.180 e. The minimum absolute atomic E-state index is 0.305. The van der Waals surface area contributed by atoms with Gasteiger partial charge in [-0.25, -0.2) is 0 Å². The van der Waals surface area contributed by atoms with E-state index in [0.29, 0.717) is 47.8 Å². The van der Waals surface area contributed by atoms with Crippen LogP contribution in [-0.4, -0.2) is 24.4 Å². The lowest BCUT2D eigenvalue weighted by Gasteiger charge is -2.16. The van der Waals surface area contributed by atoms with Crippen LogP contribution in [0.3, 0.4) is 0 Å². The lowest BCUT2D eigenvalue weighted by Crippen LogP contribution is -2.23. The lowest BCUT2D eigenvalue weighted by atomic mass is 10.2. The Balaban J connectivity index is 2.14. The molecule has 2 aromatic carbocycles. The summed E-state index contributed by atoms with van der Waals surface area (Å²) in [4.78, 5) is 0. The van der Waals surface area contributed by atoms with Gasteiger partial charge >= 0.3 is 0 Å². The zero-order valence-corrected chi connectivity index (χ0v) is 15.9. The van der Waals surface area contributed by atoms with Crippen LogP contribution >= 0.6 is 23.2 Å². The number of hydrogen-bond donors (Lipinski definition) is 2. The molecule has 0 saturated carbocycles. The van der Waals surface area contributed by atoms with Crippen molar-refractivity contribution in [3.05, 3.63) is 57.6 Å². The zero-order valence-electron chi connectivity index (χ0n) is 14.4. The minimum atomic E-state index is -0.403. The largest absolute Gasteiger partial charge is 0.490 e.